The fourth-order valence-electron chi connectivity index (χ4n) is 2.14. The van der Waals surface area contributed by atoms with E-state index in [9.17, 15) is 10.1 Å². The van der Waals surface area contributed by atoms with Gasteiger partial charge in [-0.2, -0.15) is 0 Å². The van der Waals surface area contributed by atoms with Crippen LogP contribution in [0.5, 0.6) is 0 Å². The van der Waals surface area contributed by atoms with Gasteiger partial charge in [-0.05, 0) is 31.5 Å². The number of hydrogen-bond donors (Lipinski definition) is 1. The summed E-state index contributed by atoms with van der Waals surface area (Å²) in [6.07, 6.45) is 0. The van der Waals surface area contributed by atoms with Gasteiger partial charge in [0.05, 0.1) is 21.0 Å². The highest BCUT2D eigenvalue weighted by molar-refractivity contribution is 6.42. The molecule has 0 saturated heterocycles. The van der Waals surface area contributed by atoms with Gasteiger partial charge in [0.25, 0.3) is 5.69 Å². The molecule has 1 N–H and O–H groups in total. The van der Waals surface area contributed by atoms with E-state index in [1.165, 1.54) is 6.07 Å². The topological polar surface area (TPSA) is 55.2 Å². The first-order valence-corrected chi connectivity index (χ1v) is 7.12. The maximum atomic E-state index is 11.0. The molecule has 2 aromatic carbocycles. The fraction of sp³-hybridized carbons (Fsp3) is 0.200. The fourth-order valence-corrected chi connectivity index (χ4v) is 2.62. The van der Waals surface area contributed by atoms with Crippen molar-refractivity contribution in [2.45, 2.75) is 19.9 Å². The second-order valence-corrected chi connectivity index (χ2v) is 5.50. The number of nitrogens with zero attached hydrogens (tertiary/aromatic N) is 1. The Hall–Kier alpha value is -1.78. The maximum Gasteiger partial charge on any atom is 0.274 e. The van der Waals surface area contributed by atoms with E-state index in [1.807, 2.05) is 19.1 Å². The van der Waals surface area contributed by atoms with E-state index in [0.29, 0.717) is 21.3 Å². The number of halogens is 2. The molecule has 0 aliphatic heterocycles. The van der Waals surface area contributed by atoms with E-state index >= 15 is 0 Å². The van der Waals surface area contributed by atoms with Crippen molar-refractivity contribution in [3.63, 3.8) is 0 Å². The molecule has 21 heavy (non-hydrogen) atoms. The normalized spacial score (nSPS) is 12.0. The molecule has 2 rings (SSSR count). The van der Waals surface area contributed by atoms with Crippen LogP contribution in [-0.2, 0) is 0 Å². The van der Waals surface area contributed by atoms with Crippen LogP contribution in [0.4, 0.5) is 11.4 Å². The lowest BCUT2D eigenvalue weighted by atomic mass is 10.1. The number of hydrogen-bond acceptors (Lipinski definition) is 3. The summed E-state index contributed by atoms with van der Waals surface area (Å²) in [4.78, 5) is 10.6. The molecule has 0 radical (unpaired) electrons. The van der Waals surface area contributed by atoms with Crippen LogP contribution < -0.4 is 5.32 Å². The summed E-state index contributed by atoms with van der Waals surface area (Å²) in [5.74, 6) is 0. The van der Waals surface area contributed by atoms with Gasteiger partial charge in [-0.1, -0.05) is 41.4 Å². The van der Waals surface area contributed by atoms with Crippen molar-refractivity contribution in [1.29, 1.82) is 0 Å². The smallest absolute Gasteiger partial charge is 0.274 e. The molecule has 4 nitrogen and oxygen atoms in total. The second kappa shape index (κ2) is 6.33. The lowest BCUT2D eigenvalue weighted by molar-refractivity contribution is -0.385. The van der Waals surface area contributed by atoms with Gasteiger partial charge in [-0.25, -0.2) is 0 Å². The Kier molecular flexibility index (Phi) is 4.70. The van der Waals surface area contributed by atoms with Gasteiger partial charge in [0.15, 0.2) is 0 Å². The third kappa shape index (κ3) is 3.28. The minimum atomic E-state index is -0.391. The van der Waals surface area contributed by atoms with E-state index in [-0.39, 0.29) is 11.7 Å². The zero-order valence-electron chi connectivity index (χ0n) is 11.6. The third-order valence-corrected chi connectivity index (χ3v) is 4.16. The first-order valence-electron chi connectivity index (χ1n) is 6.36. The minimum Gasteiger partial charge on any atom is -0.378 e. The summed E-state index contributed by atoms with van der Waals surface area (Å²) in [6, 6.07) is 10.2. The Morgan fingerprint density at radius 1 is 1.19 bits per heavy atom. The van der Waals surface area contributed by atoms with Crippen molar-refractivity contribution in [2.75, 3.05) is 5.32 Å². The molecule has 0 fully saturated rings. The van der Waals surface area contributed by atoms with Gasteiger partial charge in [-0.15, -0.1) is 0 Å². The molecule has 0 amide bonds. The number of nitrogens with one attached hydrogen (secondary N) is 1. The van der Waals surface area contributed by atoms with Crippen LogP contribution in [0.3, 0.4) is 0 Å². The minimum absolute atomic E-state index is 0.0874. The molecular formula is C15H14Cl2N2O2. The molecule has 0 spiro atoms. The summed E-state index contributed by atoms with van der Waals surface area (Å²) in [7, 11) is 0. The van der Waals surface area contributed by atoms with Crippen LogP contribution in [0, 0.1) is 17.0 Å². The highest BCUT2D eigenvalue weighted by Gasteiger charge is 2.16. The lowest BCUT2D eigenvalue weighted by Crippen LogP contribution is -2.09. The maximum absolute atomic E-state index is 11.0. The van der Waals surface area contributed by atoms with Crippen molar-refractivity contribution in [3.05, 3.63) is 67.7 Å². The predicted octanol–water partition coefficient (Wildman–Crippen LogP) is 5.38. The number of nitro groups is 1. The summed E-state index contributed by atoms with van der Waals surface area (Å²) in [6.45, 7) is 3.64. The summed E-state index contributed by atoms with van der Waals surface area (Å²) in [5.41, 5.74) is 2.22. The van der Waals surface area contributed by atoms with E-state index in [4.69, 9.17) is 23.2 Å². The number of nitro benzene ring substituents is 1. The molecule has 0 aliphatic carbocycles. The number of benzene rings is 2. The Morgan fingerprint density at radius 3 is 2.52 bits per heavy atom. The van der Waals surface area contributed by atoms with E-state index < -0.39 is 4.92 Å². The molecule has 6 heteroatoms. The quantitative estimate of drug-likeness (QED) is 0.606. The summed E-state index contributed by atoms with van der Waals surface area (Å²) < 4.78 is 0. The molecule has 0 heterocycles. The molecule has 1 unspecified atom stereocenters. The standard InChI is InChI=1S/C15H14Cl2N2O2/c1-9-13(7-4-8-14(9)19(20)21)18-10(2)11-5-3-6-12(16)15(11)17/h3-8,10,18H,1-2H3. The third-order valence-electron chi connectivity index (χ3n) is 3.32. The van der Waals surface area contributed by atoms with Gasteiger partial charge < -0.3 is 5.32 Å². The van der Waals surface area contributed by atoms with Crippen molar-refractivity contribution < 1.29 is 4.92 Å². The zero-order chi connectivity index (χ0) is 15.6. The molecule has 0 saturated carbocycles. The molecule has 1 atom stereocenters. The second-order valence-electron chi connectivity index (χ2n) is 4.72. The van der Waals surface area contributed by atoms with Crippen LogP contribution in [0.2, 0.25) is 10.0 Å². The Morgan fingerprint density at radius 2 is 1.86 bits per heavy atom. The van der Waals surface area contributed by atoms with Crippen molar-refractivity contribution >= 4 is 34.6 Å². The van der Waals surface area contributed by atoms with Crippen LogP contribution in [0.25, 0.3) is 0 Å². The molecule has 110 valence electrons. The van der Waals surface area contributed by atoms with Gasteiger partial charge in [-0.3, -0.25) is 10.1 Å². The Bertz CT molecular complexity index is 689. The average Bonchev–Trinajstić information content (AvgIpc) is 2.43. The first kappa shape index (κ1) is 15.6. The molecule has 2 aromatic rings. The van der Waals surface area contributed by atoms with E-state index in [1.54, 1.807) is 25.1 Å². The van der Waals surface area contributed by atoms with Crippen LogP contribution in [-0.4, -0.2) is 4.92 Å². The van der Waals surface area contributed by atoms with Gasteiger partial charge in [0.2, 0.25) is 0 Å². The SMILES string of the molecule is Cc1c(NC(C)c2cccc(Cl)c2Cl)cccc1[N+](=O)[O-]. The largest absolute Gasteiger partial charge is 0.378 e. The van der Waals surface area contributed by atoms with Crippen LogP contribution in [0.15, 0.2) is 36.4 Å². The van der Waals surface area contributed by atoms with Crippen molar-refractivity contribution in [3.8, 4) is 0 Å². The van der Waals surface area contributed by atoms with Gasteiger partial charge >= 0.3 is 0 Å². The average molecular weight is 325 g/mol. The highest BCUT2D eigenvalue weighted by atomic mass is 35.5. The first-order chi connectivity index (χ1) is 9.91. The van der Waals surface area contributed by atoms with Crippen molar-refractivity contribution in [2.24, 2.45) is 0 Å². The summed E-state index contributed by atoms with van der Waals surface area (Å²) in [5, 5.41) is 15.2. The van der Waals surface area contributed by atoms with Crippen LogP contribution in [0.1, 0.15) is 24.1 Å². The molecule has 0 aromatic heterocycles. The van der Waals surface area contributed by atoms with Crippen LogP contribution >= 0.6 is 23.2 Å². The van der Waals surface area contributed by atoms with E-state index in [2.05, 4.69) is 5.32 Å². The Labute approximate surface area is 132 Å². The predicted molar refractivity (Wildman–Crippen MR) is 86.3 cm³/mol. The lowest BCUT2D eigenvalue weighted by Gasteiger charge is -2.19. The van der Waals surface area contributed by atoms with E-state index in [0.717, 1.165) is 5.56 Å². The van der Waals surface area contributed by atoms with Gasteiger partial charge in [0, 0.05) is 17.3 Å². The zero-order valence-corrected chi connectivity index (χ0v) is 13.1. The Balaban J connectivity index is 2.32. The summed E-state index contributed by atoms with van der Waals surface area (Å²) >= 11 is 12.2. The van der Waals surface area contributed by atoms with Crippen molar-refractivity contribution in [1.82, 2.24) is 0 Å². The van der Waals surface area contributed by atoms with Gasteiger partial charge in [0.1, 0.15) is 0 Å². The highest BCUT2D eigenvalue weighted by Crippen LogP contribution is 2.33. The number of anilines is 1. The molecular weight excluding hydrogens is 311 g/mol. The number of rotatable bonds is 4. The molecule has 0 aliphatic rings. The molecule has 0 bridgehead atoms. The monoisotopic (exact) mass is 324 g/mol.